The molecule has 1 fully saturated rings. The third kappa shape index (κ3) is 3.44. The van der Waals surface area contributed by atoms with Crippen molar-refractivity contribution < 1.29 is 4.79 Å². The summed E-state index contributed by atoms with van der Waals surface area (Å²) in [6.07, 6.45) is 8.67. The molecule has 0 aromatic carbocycles. The maximum Gasteiger partial charge on any atom is 0.257 e. The number of aromatic nitrogens is 4. The number of amides is 1. The smallest absolute Gasteiger partial charge is 0.257 e. The van der Waals surface area contributed by atoms with Crippen LogP contribution in [0.2, 0.25) is 0 Å². The van der Waals surface area contributed by atoms with E-state index in [9.17, 15) is 4.79 Å². The van der Waals surface area contributed by atoms with Crippen LogP contribution in [0.5, 0.6) is 0 Å². The van der Waals surface area contributed by atoms with E-state index in [2.05, 4.69) is 25.3 Å². The first kappa shape index (κ1) is 15.3. The Bertz CT molecular complexity index is 687. The number of piperidine rings is 1. The van der Waals surface area contributed by atoms with E-state index in [0.29, 0.717) is 18.1 Å². The zero-order valence-corrected chi connectivity index (χ0v) is 13.4. The number of likely N-dealkylation sites (tertiary alicyclic amines) is 1. The van der Waals surface area contributed by atoms with Gasteiger partial charge in [0.15, 0.2) is 0 Å². The third-order valence-electron chi connectivity index (χ3n) is 4.02. The second-order valence-corrected chi connectivity index (χ2v) is 5.72. The summed E-state index contributed by atoms with van der Waals surface area (Å²) in [7, 11) is 1.74. The Hall–Kier alpha value is -2.57. The highest BCUT2D eigenvalue weighted by Gasteiger charge is 2.26. The van der Waals surface area contributed by atoms with E-state index in [0.717, 1.165) is 30.8 Å². The van der Waals surface area contributed by atoms with Gasteiger partial charge in [-0.05, 0) is 19.8 Å². The van der Waals surface area contributed by atoms with Crippen molar-refractivity contribution in [3.05, 3.63) is 41.7 Å². The first-order valence-electron chi connectivity index (χ1n) is 7.75. The average molecular weight is 312 g/mol. The monoisotopic (exact) mass is 312 g/mol. The van der Waals surface area contributed by atoms with Gasteiger partial charge in [0, 0.05) is 50.8 Å². The molecule has 3 heterocycles. The number of rotatable bonds is 3. The molecule has 2 aromatic rings. The van der Waals surface area contributed by atoms with Gasteiger partial charge in [0.05, 0.1) is 17.0 Å². The SMILES string of the molecule is CNc1ncc(C(=O)N2CCC[C@H](c3cncc(C)n3)C2)cn1. The summed E-state index contributed by atoms with van der Waals surface area (Å²) >= 11 is 0. The lowest BCUT2D eigenvalue weighted by Crippen LogP contribution is -2.39. The van der Waals surface area contributed by atoms with Crippen molar-refractivity contribution in [2.45, 2.75) is 25.7 Å². The molecular weight excluding hydrogens is 292 g/mol. The van der Waals surface area contributed by atoms with Gasteiger partial charge in [-0.1, -0.05) is 0 Å². The number of hydrogen-bond acceptors (Lipinski definition) is 6. The Morgan fingerprint density at radius 1 is 1.26 bits per heavy atom. The molecule has 0 bridgehead atoms. The summed E-state index contributed by atoms with van der Waals surface area (Å²) in [6.45, 7) is 3.34. The maximum atomic E-state index is 12.6. The lowest BCUT2D eigenvalue weighted by Gasteiger charge is -2.32. The number of nitrogens with one attached hydrogen (secondary N) is 1. The molecule has 0 unspecified atom stereocenters. The van der Waals surface area contributed by atoms with Crippen LogP contribution in [0, 0.1) is 6.92 Å². The predicted octanol–water partition coefficient (Wildman–Crippen LogP) is 1.64. The van der Waals surface area contributed by atoms with Crippen LogP contribution in [-0.4, -0.2) is 50.9 Å². The molecule has 7 nitrogen and oxygen atoms in total. The fourth-order valence-electron chi connectivity index (χ4n) is 2.83. The normalized spacial score (nSPS) is 17.8. The maximum absolute atomic E-state index is 12.6. The van der Waals surface area contributed by atoms with Crippen LogP contribution in [0.25, 0.3) is 0 Å². The summed E-state index contributed by atoms with van der Waals surface area (Å²) in [5.74, 6) is 0.712. The Labute approximate surface area is 135 Å². The van der Waals surface area contributed by atoms with E-state index < -0.39 is 0 Å². The summed E-state index contributed by atoms with van der Waals surface area (Å²) < 4.78 is 0. The van der Waals surface area contributed by atoms with Crippen LogP contribution in [0.3, 0.4) is 0 Å². The molecular formula is C16H20N6O. The zero-order chi connectivity index (χ0) is 16.2. The molecule has 120 valence electrons. The van der Waals surface area contributed by atoms with Crippen LogP contribution >= 0.6 is 0 Å². The van der Waals surface area contributed by atoms with Crippen molar-refractivity contribution in [3.63, 3.8) is 0 Å². The fourth-order valence-corrected chi connectivity index (χ4v) is 2.83. The molecule has 7 heteroatoms. The minimum absolute atomic E-state index is 0.0297. The van der Waals surface area contributed by atoms with Crippen LogP contribution in [0.4, 0.5) is 5.95 Å². The van der Waals surface area contributed by atoms with E-state index in [-0.39, 0.29) is 11.8 Å². The van der Waals surface area contributed by atoms with E-state index >= 15 is 0 Å². The van der Waals surface area contributed by atoms with Gasteiger partial charge in [0.2, 0.25) is 5.95 Å². The first-order chi connectivity index (χ1) is 11.2. The summed E-state index contributed by atoms with van der Waals surface area (Å²) in [4.78, 5) is 31.5. The second-order valence-electron chi connectivity index (χ2n) is 5.72. The quantitative estimate of drug-likeness (QED) is 0.927. The highest BCUT2D eigenvalue weighted by molar-refractivity contribution is 5.93. The minimum Gasteiger partial charge on any atom is -0.357 e. The van der Waals surface area contributed by atoms with Crippen LogP contribution in [0.1, 0.15) is 40.5 Å². The number of carbonyl (C=O) groups excluding carboxylic acids is 1. The van der Waals surface area contributed by atoms with Crippen molar-refractivity contribution >= 4 is 11.9 Å². The molecule has 0 spiro atoms. The van der Waals surface area contributed by atoms with E-state index in [4.69, 9.17) is 0 Å². The number of aryl methyl sites for hydroxylation is 1. The van der Waals surface area contributed by atoms with Gasteiger partial charge in [0.1, 0.15) is 0 Å². The lowest BCUT2D eigenvalue weighted by atomic mass is 9.94. The number of hydrogen-bond donors (Lipinski definition) is 1. The van der Waals surface area contributed by atoms with Gasteiger partial charge in [-0.25, -0.2) is 9.97 Å². The van der Waals surface area contributed by atoms with E-state index in [1.807, 2.05) is 11.8 Å². The summed E-state index contributed by atoms with van der Waals surface area (Å²) in [5, 5.41) is 2.84. The first-order valence-corrected chi connectivity index (χ1v) is 7.75. The van der Waals surface area contributed by atoms with Crippen molar-refractivity contribution in [2.24, 2.45) is 0 Å². The Kier molecular flexibility index (Phi) is 4.45. The number of nitrogens with zero attached hydrogens (tertiary/aromatic N) is 5. The van der Waals surface area contributed by atoms with Crippen LogP contribution in [-0.2, 0) is 0 Å². The Morgan fingerprint density at radius 3 is 2.74 bits per heavy atom. The van der Waals surface area contributed by atoms with Crippen molar-refractivity contribution in [1.82, 2.24) is 24.8 Å². The van der Waals surface area contributed by atoms with Crippen molar-refractivity contribution in [1.29, 1.82) is 0 Å². The highest BCUT2D eigenvalue weighted by atomic mass is 16.2. The van der Waals surface area contributed by atoms with E-state index in [1.165, 1.54) is 0 Å². The standard InChI is InChI=1S/C16H20N6O/c1-11-6-18-9-14(21-11)12-4-3-5-22(10-12)15(23)13-7-19-16(17-2)20-8-13/h6-9,12H,3-5,10H2,1-2H3,(H,17,19,20)/t12-/m0/s1. The van der Waals surface area contributed by atoms with Gasteiger partial charge in [-0.2, -0.15) is 0 Å². The predicted molar refractivity (Wildman–Crippen MR) is 86.2 cm³/mol. The zero-order valence-electron chi connectivity index (χ0n) is 13.4. The highest BCUT2D eigenvalue weighted by Crippen LogP contribution is 2.26. The molecule has 1 N–H and O–H groups in total. The van der Waals surface area contributed by atoms with E-state index in [1.54, 1.807) is 31.8 Å². The number of anilines is 1. The largest absolute Gasteiger partial charge is 0.357 e. The average Bonchev–Trinajstić information content (AvgIpc) is 2.61. The summed E-state index contributed by atoms with van der Waals surface area (Å²) in [5.41, 5.74) is 2.38. The van der Waals surface area contributed by atoms with Crippen molar-refractivity contribution in [2.75, 3.05) is 25.5 Å². The minimum atomic E-state index is -0.0297. The van der Waals surface area contributed by atoms with Gasteiger partial charge in [-0.15, -0.1) is 0 Å². The topological polar surface area (TPSA) is 83.9 Å². The van der Waals surface area contributed by atoms with Crippen molar-refractivity contribution in [3.8, 4) is 0 Å². The van der Waals surface area contributed by atoms with Crippen LogP contribution < -0.4 is 5.32 Å². The van der Waals surface area contributed by atoms with Gasteiger partial charge in [0.25, 0.3) is 5.91 Å². The Balaban J connectivity index is 1.73. The molecule has 1 atom stereocenters. The molecule has 23 heavy (non-hydrogen) atoms. The van der Waals surface area contributed by atoms with Gasteiger partial charge >= 0.3 is 0 Å². The molecule has 1 saturated heterocycles. The van der Waals surface area contributed by atoms with Crippen LogP contribution in [0.15, 0.2) is 24.8 Å². The fraction of sp³-hybridized carbons (Fsp3) is 0.438. The molecule has 1 amide bonds. The molecule has 0 saturated carbocycles. The molecule has 1 aliphatic heterocycles. The molecule has 1 aliphatic rings. The van der Waals surface area contributed by atoms with Gasteiger partial charge < -0.3 is 10.2 Å². The molecule has 0 radical (unpaired) electrons. The third-order valence-corrected chi connectivity index (χ3v) is 4.02. The lowest BCUT2D eigenvalue weighted by molar-refractivity contribution is 0.0705. The number of carbonyl (C=O) groups is 1. The molecule has 0 aliphatic carbocycles. The van der Waals surface area contributed by atoms with Gasteiger partial charge in [-0.3, -0.25) is 14.8 Å². The Morgan fingerprint density at radius 2 is 2.04 bits per heavy atom. The second kappa shape index (κ2) is 6.68. The molecule has 2 aromatic heterocycles. The summed E-state index contributed by atoms with van der Waals surface area (Å²) in [6, 6.07) is 0. The molecule has 3 rings (SSSR count).